The Bertz CT molecular complexity index is 643. The molecule has 0 aromatic carbocycles. The molecule has 2 rings (SSSR count). The second kappa shape index (κ2) is 4.66. The first kappa shape index (κ1) is 14.1. The highest BCUT2D eigenvalue weighted by molar-refractivity contribution is 5.86. The molecule has 1 N–H and O–H groups in total. The van der Waals surface area contributed by atoms with Crippen molar-refractivity contribution < 1.29 is 27.5 Å². The van der Waals surface area contributed by atoms with Crippen molar-refractivity contribution in [2.75, 3.05) is 0 Å². The number of carbonyl (C=O) groups is 1. The minimum absolute atomic E-state index is 0.144. The number of oxazole rings is 1. The lowest BCUT2D eigenvalue weighted by Gasteiger charge is -2.07. The van der Waals surface area contributed by atoms with Crippen LogP contribution in [0, 0.1) is 0 Å². The van der Waals surface area contributed by atoms with E-state index >= 15 is 0 Å². The van der Waals surface area contributed by atoms with Gasteiger partial charge in [-0.25, -0.2) is 9.78 Å². The van der Waals surface area contributed by atoms with E-state index in [-0.39, 0.29) is 11.7 Å². The van der Waals surface area contributed by atoms with Gasteiger partial charge >= 0.3 is 12.1 Å². The highest BCUT2D eigenvalue weighted by Crippen LogP contribution is 2.34. The Hall–Kier alpha value is -2.32. The maximum absolute atomic E-state index is 12.7. The maximum Gasteiger partial charge on any atom is 0.437 e. The number of rotatable bonds is 3. The minimum atomic E-state index is -4.90. The van der Waals surface area contributed by atoms with Gasteiger partial charge in [0.2, 0.25) is 11.7 Å². The lowest BCUT2D eigenvalue weighted by Crippen LogP contribution is -2.11. The Morgan fingerprint density at radius 3 is 2.55 bits per heavy atom. The zero-order chi connectivity index (χ0) is 15.1. The fraction of sp³-hybridized carbons (Fsp3) is 0.364. The molecule has 0 aliphatic heterocycles. The summed E-state index contributed by atoms with van der Waals surface area (Å²) in [6, 6.07) is 1.26. The van der Waals surface area contributed by atoms with Crippen molar-refractivity contribution in [3.63, 3.8) is 0 Å². The van der Waals surface area contributed by atoms with Gasteiger partial charge < -0.3 is 9.52 Å². The maximum atomic E-state index is 12.7. The molecule has 0 aliphatic rings. The number of alkyl halides is 3. The Morgan fingerprint density at radius 2 is 2.10 bits per heavy atom. The van der Waals surface area contributed by atoms with Crippen LogP contribution < -0.4 is 0 Å². The molecule has 0 radical (unpaired) electrons. The summed E-state index contributed by atoms with van der Waals surface area (Å²) in [4.78, 5) is 14.1. The monoisotopic (exact) mass is 289 g/mol. The summed E-state index contributed by atoms with van der Waals surface area (Å²) in [5.41, 5.74) is -1.38. The van der Waals surface area contributed by atoms with Crippen LogP contribution in [0.25, 0.3) is 11.6 Å². The molecule has 0 atom stereocenters. The minimum Gasteiger partial charge on any atom is -0.475 e. The van der Waals surface area contributed by atoms with Gasteiger partial charge in [0.25, 0.3) is 0 Å². The van der Waals surface area contributed by atoms with Crippen LogP contribution in [-0.2, 0) is 6.18 Å². The number of hydrogen-bond acceptors (Lipinski definition) is 4. The van der Waals surface area contributed by atoms with E-state index in [0.29, 0.717) is 0 Å². The first-order valence-corrected chi connectivity index (χ1v) is 5.57. The lowest BCUT2D eigenvalue weighted by atomic mass is 10.3. The fourth-order valence-electron chi connectivity index (χ4n) is 1.66. The van der Waals surface area contributed by atoms with Crippen molar-refractivity contribution in [3.8, 4) is 11.6 Å². The predicted molar refractivity (Wildman–Crippen MR) is 60.1 cm³/mol. The SMILES string of the molecule is CC(C)n1nccc1-c1nc(C(F)(F)F)c(C(=O)O)o1. The van der Waals surface area contributed by atoms with E-state index in [1.807, 2.05) is 0 Å². The van der Waals surface area contributed by atoms with Crippen LogP contribution in [0.3, 0.4) is 0 Å². The Morgan fingerprint density at radius 1 is 1.45 bits per heavy atom. The molecule has 0 saturated carbocycles. The molecule has 0 aliphatic carbocycles. The van der Waals surface area contributed by atoms with Crippen molar-refractivity contribution in [3.05, 3.63) is 23.7 Å². The molecule has 2 heterocycles. The van der Waals surface area contributed by atoms with Crippen molar-refractivity contribution in [2.45, 2.75) is 26.1 Å². The summed E-state index contributed by atoms with van der Waals surface area (Å²) in [6.45, 7) is 3.53. The van der Waals surface area contributed by atoms with Gasteiger partial charge in [-0.1, -0.05) is 0 Å². The van der Waals surface area contributed by atoms with Gasteiger partial charge in [-0.2, -0.15) is 18.3 Å². The summed E-state index contributed by atoms with van der Waals surface area (Å²) in [5, 5.41) is 12.7. The summed E-state index contributed by atoms with van der Waals surface area (Å²) in [5.74, 6) is -3.49. The summed E-state index contributed by atoms with van der Waals surface area (Å²) in [7, 11) is 0. The Labute approximate surface area is 110 Å². The zero-order valence-electron chi connectivity index (χ0n) is 10.5. The number of aromatic carboxylic acids is 1. The predicted octanol–water partition coefficient (Wildman–Crippen LogP) is 2.84. The van der Waals surface area contributed by atoms with Crippen molar-refractivity contribution in [1.29, 1.82) is 0 Å². The number of halogens is 3. The molecule has 108 valence electrons. The van der Waals surface area contributed by atoms with Crippen molar-refractivity contribution >= 4 is 5.97 Å². The van der Waals surface area contributed by atoms with Gasteiger partial charge in [0.15, 0.2) is 5.69 Å². The molecule has 6 nitrogen and oxygen atoms in total. The number of hydrogen-bond donors (Lipinski definition) is 1. The normalized spacial score (nSPS) is 12.1. The van der Waals surface area contributed by atoms with Gasteiger partial charge in [0, 0.05) is 12.2 Å². The molecule has 0 saturated heterocycles. The topological polar surface area (TPSA) is 81.2 Å². The third-order valence-corrected chi connectivity index (χ3v) is 2.47. The molecular weight excluding hydrogens is 279 g/mol. The molecule has 0 unspecified atom stereocenters. The fourth-order valence-corrected chi connectivity index (χ4v) is 1.66. The standard InChI is InChI=1S/C11H10F3N3O3/c1-5(2)17-6(3-4-15-17)9-16-8(11(12,13)14)7(20-9)10(18)19/h3-5H,1-2H3,(H,18,19). The second-order valence-electron chi connectivity index (χ2n) is 4.25. The molecule has 0 fully saturated rings. The van der Waals surface area contributed by atoms with Gasteiger partial charge in [-0.3, -0.25) is 4.68 Å². The largest absolute Gasteiger partial charge is 0.475 e. The third-order valence-electron chi connectivity index (χ3n) is 2.47. The summed E-state index contributed by atoms with van der Waals surface area (Å²) >= 11 is 0. The smallest absolute Gasteiger partial charge is 0.437 e. The molecular formula is C11H10F3N3O3. The molecule has 9 heteroatoms. The second-order valence-corrected chi connectivity index (χ2v) is 4.25. The molecule has 0 bridgehead atoms. The number of aromatic nitrogens is 3. The molecule has 0 spiro atoms. The van der Waals surface area contributed by atoms with E-state index in [1.165, 1.54) is 16.9 Å². The van der Waals surface area contributed by atoms with Crippen LogP contribution in [-0.4, -0.2) is 25.8 Å². The first-order valence-electron chi connectivity index (χ1n) is 5.57. The van der Waals surface area contributed by atoms with E-state index in [2.05, 4.69) is 10.1 Å². The lowest BCUT2D eigenvalue weighted by molar-refractivity contribution is -0.141. The van der Waals surface area contributed by atoms with Crippen LogP contribution in [0.15, 0.2) is 16.7 Å². The first-order chi connectivity index (χ1) is 9.21. The Kier molecular flexibility index (Phi) is 3.28. The molecule has 2 aromatic heterocycles. The number of nitrogens with zero attached hydrogens (tertiary/aromatic N) is 3. The van der Waals surface area contributed by atoms with Crippen LogP contribution in [0.1, 0.15) is 36.1 Å². The van der Waals surface area contributed by atoms with Gasteiger partial charge in [-0.05, 0) is 19.9 Å². The van der Waals surface area contributed by atoms with E-state index in [4.69, 9.17) is 9.52 Å². The summed E-state index contributed by atoms with van der Waals surface area (Å²) in [6.07, 6.45) is -3.54. The van der Waals surface area contributed by atoms with E-state index < -0.39 is 29.5 Å². The van der Waals surface area contributed by atoms with Gasteiger partial charge in [0.1, 0.15) is 5.69 Å². The molecule has 0 amide bonds. The number of carboxylic acids is 1. The van der Waals surface area contributed by atoms with Gasteiger partial charge in [0.05, 0.1) is 0 Å². The van der Waals surface area contributed by atoms with Crippen LogP contribution >= 0.6 is 0 Å². The molecule has 2 aromatic rings. The number of carboxylic acid groups (broad SMARTS) is 1. The van der Waals surface area contributed by atoms with Gasteiger partial charge in [-0.15, -0.1) is 0 Å². The van der Waals surface area contributed by atoms with Crippen LogP contribution in [0.2, 0.25) is 0 Å². The van der Waals surface area contributed by atoms with E-state index in [9.17, 15) is 18.0 Å². The third kappa shape index (κ3) is 2.38. The quantitative estimate of drug-likeness (QED) is 0.939. The van der Waals surface area contributed by atoms with Crippen LogP contribution in [0.5, 0.6) is 0 Å². The average molecular weight is 289 g/mol. The van der Waals surface area contributed by atoms with Crippen molar-refractivity contribution in [2.24, 2.45) is 0 Å². The van der Waals surface area contributed by atoms with E-state index in [1.54, 1.807) is 13.8 Å². The average Bonchev–Trinajstić information content (AvgIpc) is 2.94. The van der Waals surface area contributed by atoms with Crippen molar-refractivity contribution in [1.82, 2.24) is 14.8 Å². The highest BCUT2D eigenvalue weighted by atomic mass is 19.4. The van der Waals surface area contributed by atoms with Crippen LogP contribution in [0.4, 0.5) is 13.2 Å². The molecule has 20 heavy (non-hydrogen) atoms. The van der Waals surface area contributed by atoms with E-state index in [0.717, 1.165) is 0 Å². The Balaban J connectivity index is 2.59. The summed E-state index contributed by atoms with van der Waals surface area (Å²) < 4.78 is 44.3. The highest BCUT2D eigenvalue weighted by Gasteiger charge is 2.41. The zero-order valence-corrected chi connectivity index (χ0v) is 10.5.